The maximum absolute atomic E-state index is 12.6. The monoisotopic (exact) mass is 383 g/mol. The largest absolute Gasteiger partial charge is 0.497 e. The van der Waals surface area contributed by atoms with Crippen molar-refractivity contribution >= 4 is 58.0 Å². The minimum Gasteiger partial charge on any atom is -0.497 e. The molecule has 1 saturated heterocycles. The van der Waals surface area contributed by atoms with Gasteiger partial charge in [0, 0.05) is 0 Å². The minimum atomic E-state index is -1.04. The number of carboxylic acids is 1. The van der Waals surface area contributed by atoms with Gasteiger partial charge in [0.15, 0.2) is 0 Å². The molecule has 1 aliphatic heterocycles. The second-order valence-corrected chi connectivity index (χ2v) is 7.63. The van der Waals surface area contributed by atoms with Crippen LogP contribution in [-0.4, -0.2) is 51.4 Å². The lowest BCUT2D eigenvalue weighted by Gasteiger charge is -2.22. The molecule has 0 unspecified atom stereocenters. The van der Waals surface area contributed by atoms with Gasteiger partial charge in [-0.05, 0) is 42.2 Å². The molecule has 1 aromatic carbocycles. The van der Waals surface area contributed by atoms with Crippen LogP contribution in [-0.2, 0) is 9.59 Å². The van der Waals surface area contributed by atoms with Gasteiger partial charge in [-0.2, -0.15) is 11.8 Å². The summed E-state index contributed by atoms with van der Waals surface area (Å²) in [5.41, 5.74) is 0.797. The van der Waals surface area contributed by atoms with E-state index in [4.69, 9.17) is 17.0 Å². The first-order chi connectivity index (χ1) is 11.5. The van der Waals surface area contributed by atoms with Gasteiger partial charge >= 0.3 is 5.97 Å². The van der Waals surface area contributed by atoms with E-state index in [1.54, 1.807) is 19.3 Å². The fourth-order valence-corrected chi connectivity index (χ4v) is 4.04. The summed E-state index contributed by atoms with van der Waals surface area (Å²) in [6.45, 7) is 0. The molecule has 8 heteroatoms. The standard InChI is InChI=1S/C16H17NO4S3/c1-21-11-5-3-4-10(8-11)9-13-14(18)17(16(22)24-13)12(15(19)20)6-7-23-2/h3-5,8-9,12H,6-7H2,1-2H3,(H,19,20)/b13-9-/t12-/m0/s1. The van der Waals surface area contributed by atoms with E-state index < -0.39 is 12.0 Å². The number of nitrogens with zero attached hydrogens (tertiary/aromatic N) is 1. The Labute approximate surface area is 154 Å². The van der Waals surface area contributed by atoms with Gasteiger partial charge in [0.05, 0.1) is 12.0 Å². The molecule has 1 aromatic rings. The molecule has 0 spiro atoms. The lowest BCUT2D eigenvalue weighted by atomic mass is 10.1. The van der Waals surface area contributed by atoms with Crippen LogP contribution < -0.4 is 4.74 Å². The fraction of sp³-hybridized carbons (Fsp3) is 0.312. The predicted octanol–water partition coefficient (Wildman–Crippen LogP) is 3.10. The zero-order valence-corrected chi connectivity index (χ0v) is 15.7. The Morgan fingerprint density at radius 1 is 1.54 bits per heavy atom. The molecule has 0 bridgehead atoms. The number of carbonyl (C=O) groups excluding carboxylic acids is 1. The molecule has 1 fully saturated rings. The van der Waals surface area contributed by atoms with Crippen LogP contribution in [0.25, 0.3) is 6.08 Å². The maximum Gasteiger partial charge on any atom is 0.326 e. The summed E-state index contributed by atoms with van der Waals surface area (Å²) in [7, 11) is 1.57. The molecular formula is C16H17NO4S3. The number of benzene rings is 1. The van der Waals surface area contributed by atoms with Gasteiger partial charge in [0.2, 0.25) is 0 Å². The van der Waals surface area contributed by atoms with Crippen molar-refractivity contribution in [1.29, 1.82) is 0 Å². The number of hydrogen-bond acceptors (Lipinski definition) is 6. The highest BCUT2D eigenvalue weighted by atomic mass is 32.2. The molecule has 0 aromatic heterocycles. The van der Waals surface area contributed by atoms with Gasteiger partial charge in [-0.15, -0.1) is 0 Å². The van der Waals surface area contributed by atoms with Crippen LogP contribution in [0.15, 0.2) is 29.2 Å². The number of ether oxygens (including phenoxy) is 1. The maximum atomic E-state index is 12.6. The summed E-state index contributed by atoms with van der Waals surface area (Å²) >= 11 is 7.90. The highest BCUT2D eigenvalue weighted by molar-refractivity contribution is 8.26. The number of carbonyl (C=O) groups is 2. The Morgan fingerprint density at radius 3 is 2.92 bits per heavy atom. The van der Waals surface area contributed by atoms with E-state index in [1.807, 2.05) is 24.5 Å². The Kier molecular flexibility index (Phi) is 6.70. The van der Waals surface area contributed by atoms with Gasteiger partial charge in [0.1, 0.15) is 16.1 Å². The van der Waals surface area contributed by atoms with Crippen molar-refractivity contribution in [3.05, 3.63) is 34.7 Å². The van der Waals surface area contributed by atoms with Crippen molar-refractivity contribution in [3.8, 4) is 5.75 Å². The number of methoxy groups -OCH3 is 1. The molecular weight excluding hydrogens is 366 g/mol. The zero-order valence-electron chi connectivity index (χ0n) is 13.2. The van der Waals surface area contributed by atoms with Crippen LogP contribution in [0.1, 0.15) is 12.0 Å². The summed E-state index contributed by atoms with van der Waals surface area (Å²) in [5, 5.41) is 9.43. The minimum absolute atomic E-state index is 0.280. The van der Waals surface area contributed by atoms with Crippen molar-refractivity contribution in [1.82, 2.24) is 4.90 Å². The Morgan fingerprint density at radius 2 is 2.29 bits per heavy atom. The first-order valence-corrected chi connectivity index (χ1v) is 9.72. The van der Waals surface area contributed by atoms with Gasteiger partial charge < -0.3 is 9.84 Å². The number of rotatable bonds is 7. The van der Waals surface area contributed by atoms with Crippen molar-refractivity contribution in [3.63, 3.8) is 0 Å². The van der Waals surface area contributed by atoms with Crippen LogP contribution in [0.2, 0.25) is 0 Å². The smallest absolute Gasteiger partial charge is 0.326 e. The highest BCUT2D eigenvalue weighted by Gasteiger charge is 2.40. The van der Waals surface area contributed by atoms with Gasteiger partial charge in [-0.3, -0.25) is 9.69 Å². The number of hydrogen-bond donors (Lipinski definition) is 1. The second kappa shape index (κ2) is 8.55. The SMILES string of the molecule is COc1cccc(/C=C2\SC(=S)N([C@@H](CCSC)C(=O)O)C2=O)c1. The molecule has 128 valence electrons. The molecule has 0 radical (unpaired) electrons. The number of thioether (sulfide) groups is 2. The average Bonchev–Trinajstić information content (AvgIpc) is 2.82. The number of amides is 1. The third-order valence-electron chi connectivity index (χ3n) is 3.41. The third kappa shape index (κ3) is 4.31. The van der Waals surface area contributed by atoms with E-state index in [1.165, 1.54) is 16.7 Å². The van der Waals surface area contributed by atoms with E-state index in [9.17, 15) is 14.7 Å². The molecule has 1 aliphatic rings. The molecule has 1 N–H and O–H groups in total. The lowest BCUT2D eigenvalue weighted by Crippen LogP contribution is -2.44. The van der Waals surface area contributed by atoms with Crippen LogP contribution in [0.4, 0.5) is 0 Å². The van der Waals surface area contributed by atoms with Crippen LogP contribution >= 0.6 is 35.7 Å². The lowest BCUT2D eigenvalue weighted by molar-refractivity contribution is -0.145. The van der Waals surface area contributed by atoms with E-state index in [0.29, 0.717) is 22.8 Å². The average molecular weight is 384 g/mol. The first kappa shape index (κ1) is 18.8. The Balaban J connectivity index is 2.26. The summed E-state index contributed by atoms with van der Waals surface area (Å²) < 4.78 is 5.45. The van der Waals surface area contributed by atoms with E-state index >= 15 is 0 Å². The van der Waals surface area contributed by atoms with Crippen LogP contribution in [0.3, 0.4) is 0 Å². The topological polar surface area (TPSA) is 66.8 Å². The van der Waals surface area contributed by atoms with Crippen molar-refractivity contribution in [2.45, 2.75) is 12.5 Å². The predicted molar refractivity (Wildman–Crippen MR) is 102 cm³/mol. The quantitative estimate of drug-likeness (QED) is 0.573. The molecule has 24 heavy (non-hydrogen) atoms. The molecule has 1 heterocycles. The molecule has 0 aliphatic carbocycles. The van der Waals surface area contributed by atoms with Crippen molar-refractivity contribution in [2.75, 3.05) is 19.1 Å². The Hall–Kier alpha value is -1.51. The molecule has 5 nitrogen and oxygen atoms in total. The molecule has 0 saturated carbocycles. The zero-order chi connectivity index (χ0) is 17.7. The number of aliphatic carboxylic acids is 1. The molecule has 1 amide bonds. The van der Waals surface area contributed by atoms with Crippen molar-refractivity contribution < 1.29 is 19.4 Å². The highest BCUT2D eigenvalue weighted by Crippen LogP contribution is 2.35. The normalized spacial score (nSPS) is 17.4. The first-order valence-electron chi connectivity index (χ1n) is 7.10. The van der Waals surface area contributed by atoms with Crippen LogP contribution in [0, 0.1) is 0 Å². The Bertz CT molecular complexity index is 690. The summed E-state index contributed by atoms with van der Waals surface area (Å²) in [5.74, 6) is -0.0740. The van der Waals surface area contributed by atoms with Crippen molar-refractivity contribution in [2.24, 2.45) is 0 Å². The second-order valence-electron chi connectivity index (χ2n) is 4.96. The number of carboxylic acid groups (broad SMARTS) is 1. The van der Waals surface area contributed by atoms with Gasteiger partial charge in [-0.25, -0.2) is 4.79 Å². The molecule has 1 atom stereocenters. The number of thiocarbonyl (C=S) groups is 1. The van der Waals surface area contributed by atoms with Gasteiger partial charge in [0.25, 0.3) is 5.91 Å². The van der Waals surface area contributed by atoms with Crippen LogP contribution in [0.5, 0.6) is 5.75 Å². The van der Waals surface area contributed by atoms with Gasteiger partial charge in [-0.1, -0.05) is 36.1 Å². The van der Waals surface area contributed by atoms with E-state index in [0.717, 1.165) is 17.3 Å². The fourth-order valence-electron chi connectivity index (χ4n) is 2.22. The third-order valence-corrected chi connectivity index (χ3v) is 5.38. The summed E-state index contributed by atoms with van der Waals surface area (Å²) in [6.07, 6.45) is 3.95. The summed E-state index contributed by atoms with van der Waals surface area (Å²) in [6, 6.07) is 6.35. The molecule has 2 rings (SSSR count). The van der Waals surface area contributed by atoms with E-state index in [-0.39, 0.29) is 10.2 Å². The summed E-state index contributed by atoms with van der Waals surface area (Å²) in [4.78, 5) is 25.8. The van der Waals surface area contributed by atoms with E-state index in [2.05, 4.69) is 0 Å².